The van der Waals surface area contributed by atoms with Crippen molar-refractivity contribution in [1.82, 2.24) is 4.90 Å². The highest BCUT2D eigenvalue weighted by Gasteiger charge is 2.21. The summed E-state index contributed by atoms with van der Waals surface area (Å²) in [5, 5.41) is 3.24. The minimum atomic E-state index is 0.194. The minimum Gasteiger partial charge on any atom is -0.376 e. The lowest BCUT2D eigenvalue weighted by molar-refractivity contribution is -0.130. The summed E-state index contributed by atoms with van der Waals surface area (Å²) >= 11 is 0. The molecule has 0 aliphatic heterocycles. The second kappa shape index (κ2) is 8.06. The van der Waals surface area contributed by atoms with Gasteiger partial charge < -0.3 is 10.2 Å². The fraction of sp³-hybridized carbons (Fsp3) is 0.611. The van der Waals surface area contributed by atoms with Crippen LogP contribution in [0.4, 0.5) is 5.69 Å². The van der Waals surface area contributed by atoms with Crippen LogP contribution >= 0.6 is 0 Å². The van der Waals surface area contributed by atoms with E-state index in [2.05, 4.69) is 36.5 Å². The molecule has 0 unspecified atom stereocenters. The van der Waals surface area contributed by atoms with Gasteiger partial charge in [-0.15, -0.1) is 0 Å². The second-order valence-corrected chi connectivity index (χ2v) is 6.10. The topological polar surface area (TPSA) is 32.3 Å². The first-order valence-corrected chi connectivity index (χ1v) is 8.29. The van der Waals surface area contributed by atoms with Crippen LogP contribution in [0.25, 0.3) is 0 Å². The Kier molecular flexibility index (Phi) is 6.09. The van der Waals surface area contributed by atoms with Gasteiger partial charge in [0.1, 0.15) is 0 Å². The SMILES string of the molecule is CCCc1ccc(NCC(=O)N(C)C2CCCCC2)cc1. The maximum absolute atomic E-state index is 12.2. The summed E-state index contributed by atoms with van der Waals surface area (Å²) in [6, 6.07) is 8.86. The van der Waals surface area contributed by atoms with Crippen LogP contribution in [-0.2, 0) is 11.2 Å². The maximum atomic E-state index is 12.2. The molecule has 0 saturated heterocycles. The highest BCUT2D eigenvalue weighted by atomic mass is 16.2. The van der Waals surface area contributed by atoms with Crippen molar-refractivity contribution < 1.29 is 4.79 Å². The van der Waals surface area contributed by atoms with E-state index in [-0.39, 0.29) is 5.91 Å². The second-order valence-electron chi connectivity index (χ2n) is 6.10. The van der Waals surface area contributed by atoms with E-state index in [1.807, 2.05) is 11.9 Å². The smallest absolute Gasteiger partial charge is 0.241 e. The van der Waals surface area contributed by atoms with E-state index in [0.29, 0.717) is 12.6 Å². The Labute approximate surface area is 128 Å². The third-order valence-corrected chi connectivity index (χ3v) is 4.45. The molecule has 0 aromatic heterocycles. The van der Waals surface area contributed by atoms with Gasteiger partial charge in [0.25, 0.3) is 0 Å². The van der Waals surface area contributed by atoms with E-state index in [1.165, 1.54) is 24.8 Å². The van der Waals surface area contributed by atoms with Gasteiger partial charge in [0, 0.05) is 18.8 Å². The Hall–Kier alpha value is -1.51. The number of amides is 1. The number of hydrogen-bond donors (Lipinski definition) is 1. The Balaban J connectivity index is 1.79. The average Bonchev–Trinajstić information content (AvgIpc) is 2.54. The maximum Gasteiger partial charge on any atom is 0.241 e. The van der Waals surface area contributed by atoms with Crippen LogP contribution in [0.15, 0.2) is 24.3 Å². The average molecular weight is 288 g/mol. The van der Waals surface area contributed by atoms with Crippen molar-refractivity contribution in [2.75, 3.05) is 18.9 Å². The molecular formula is C18H28N2O. The number of anilines is 1. The first-order valence-electron chi connectivity index (χ1n) is 8.29. The number of nitrogens with zero attached hydrogens (tertiary/aromatic N) is 1. The molecule has 3 nitrogen and oxygen atoms in total. The van der Waals surface area contributed by atoms with Gasteiger partial charge in [-0.1, -0.05) is 44.7 Å². The van der Waals surface area contributed by atoms with Gasteiger partial charge in [-0.25, -0.2) is 0 Å². The molecule has 1 fully saturated rings. The van der Waals surface area contributed by atoms with E-state index >= 15 is 0 Å². The zero-order chi connectivity index (χ0) is 15.1. The summed E-state index contributed by atoms with van der Waals surface area (Å²) in [4.78, 5) is 14.2. The number of hydrogen-bond acceptors (Lipinski definition) is 2. The standard InChI is InChI=1S/C18H28N2O/c1-3-7-15-10-12-16(13-11-15)19-14-18(21)20(2)17-8-5-4-6-9-17/h10-13,17,19H,3-9,14H2,1-2H3. The quantitative estimate of drug-likeness (QED) is 0.862. The third kappa shape index (κ3) is 4.76. The van der Waals surface area contributed by atoms with Crippen molar-refractivity contribution in [2.45, 2.75) is 57.9 Å². The lowest BCUT2D eigenvalue weighted by Crippen LogP contribution is -2.41. The lowest BCUT2D eigenvalue weighted by atomic mass is 9.94. The zero-order valence-electron chi connectivity index (χ0n) is 13.4. The highest BCUT2D eigenvalue weighted by molar-refractivity contribution is 5.80. The van der Waals surface area contributed by atoms with Crippen molar-refractivity contribution in [3.8, 4) is 0 Å². The van der Waals surface area contributed by atoms with Crippen LogP contribution < -0.4 is 5.32 Å². The Bertz CT molecular complexity index is 435. The number of aryl methyl sites for hydroxylation is 1. The zero-order valence-corrected chi connectivity index (χ0v) is 13.4. The van der Waals surface area contributed by atoms with Crippen molar-refractivity contribution in [3.63, 3.8) is 0 Å². The summed E-state index contributed by atoms with van der Waals surface area (Å²) in [5.74, 6) is 0.194. The van der Waals surface area contributed by atoms with E-state index in [0.717, 1.165) is 31.4 Å². The largest absolute Gasteiger partial charge is 0.376 e. The molecule has 0 radical (unpaired) electrons. The molecule has 1 aromatic carbocycles. The molecule has 0 bridgehead atoms. The molecule has 3 heteroatoms. The summed E-state index contributed by atoms with van der Waals surface area (Å²) in [7, 11) is 1.95. The van der Waals surface area contributed by atoms with Crippen LogP contribution in [0.1, 0.15) is 51.0 Å². The van der Waals surface area contributed by atoms with Crippen LogP contribution in [0.2, 0.25) is 0 Å². The monoisotopic (exact) mass is 288 g/mol. The lowest BCUT2D eigenvalue weighted by Gasteiger charge is -2.31. The first-order chi connectivity index (χ1) is 10.2. The molecule has 1 aliphatic rings. The molecular weight excluding hydrogens is 260 g/mol. The molecule has 1 aromatic rings. The molecule has 2 rings (SSSR count). The third-order valence-electron chi connectivity index (χ3n) is 4.45. The van der Waals surface area contributed by atoms with Gasteiger partial charge >= 0.3 is 0 Å². The van der Waals surface area contributed by atoms with Gasteiger partial charge in [-0.05, 0) is 37.0 Å². The summed E-state index contributed by atoms with van der Waals surface area (Å²) in [5.41, 5.74) is 2.38. The number of carbonyl (C=O) groups is 1. The van der Waals surface area contributed by atoms with Gasteiger partial charge in [0.15, 0.2) is 0 Å². The number of benzene rings is 1. The normalized spacial score (nSPS) is 15.7. The van der Waals surface area contributed by atoms with Gasteiger partial charge in [0.2, 0.25) is 5.91 Å². The Morgan fingerprint density at radius 2 is 1.86 bits per heavy atom. The summed E-state index contributed by atoms with van der Waals surface area (Å²) in [6.45, 7) is 2.58. The van der Waals surface area contributed by atoms with Gasteiger partial charge in [0.05, 0.1) is 6.54 Å². The fourth-order valence-electron chi connectivity index (χ4n) is 3.05. The summed E-state index contributed by atoms with van der Waals surface area (Å²) < 4.78 is 0. The van der Waals surface area contributed by atoms with Crippen LogP contribution in [0, 0.1) is 0 Å². The predicted octanol–water partition coefficient (Wildman–Crippen LogP) is 3.84. The van der Waals surface area contributed by atoms with Crippen LogP contribution in [0.5, 0.6) is 0 Å². The minimum absolute atomic E-state index is 0.194. The van der Waals surface area contributed by atoms with Crippen molar-refractivity contribution in [2.24, 2.45) is 0 Å². The molecule has 0 heterocycles. The highest BCUT2D eigenvalue weighted by Crippen LogP contribution is 2.21. The number of rotatable bonds is 6. The van der Waals surface area contributed by atoms with Crippen molar-refractivity contribution in [1.29, 1.82) is 0 Å². The predicted molar refractivity (Wildman–Crippen MR) is 88.6 cm³/mol. The molecule has 0 atom stereocenters. The van der Waals surface area contributed by atoms with Crippen LogP contribution in [0.3, 0.4) is 0 Å². The summed E-state index contributed by atoms with van der Waals surface area (Å²) in [6.07, 6.45) is 8.44. The van der Waals surface area contributed by atoms with Crippen molar-refractivity contribution >= 4 is 11.6 Å². The fourth-order valence-corrected chi connectivity index (χ4v) is 3.05. The Morgan fingerprint density at radius 1 is 1.19 bits per heavy atom. The molecule has 1 saturated carbocycles. The van der Waals surface area contributed by atoms with Crippen molar-refractivity contribution in [3.05, 3.63) is 29.8 Å². The molecule has 1 N–H and O–H groups in total. The van der Waals surface area contributed by atoms with Gasteiger partial charge in [-0.2, -0.15) is 0 Å². The van der Waals surface area contributed by atoms with E-state index in [4.69, 9.17) is 0 Å². The molecule has 21 heavy (non-hydrogen) atoms. The number of carbonyl (C=O) groups excluding carboxylic acids is 1. The number of nitrogens with one attached hydrogen (secondary N) is 1. The first kappa shape index (κ1) is 15.9. The Morgan fingerprint density at radius 3 is 2.48 bits per heavy atom. The number of likely N-dealkylation sites (N-methyl/N-ethyl adjacent to an activating group) is 1. The van der Waals surface area contributed by atoms with E-state index < -0.39 is 0 Å². The van der Waals surface area contributed by atoms with E-state index in [9.17, 15) is 4.79 Å². The van der Waals surface area contributed by atoms with E-state index in [1.54, 1.807) is 0 Å². The van der Waals surface area contributed by atoms with Crippen LogP contribution in [-0.4, -0.2) is 30.4 Å². The van der Waals surface area contributed by atoms with Gasteiger partial charge in [-0.3, -0.25) is 4.79 Å². The molecule has 0 spiro atoms. The molecule has 1 amide bonds. The molecule has 1 aliphatic carbocycles. The molecule has 116 valence electrons.